The van der Waals surface area contributed by atoms with Crippen LogP contribution >= 0.6 is 0 Å². The minimum atomic E-state index is -0.376. The summed E-state index contributed by atoms with van der Waals surface area (Å²) in [6, 6.07) is 5.04. The van der Waals surface area contributed by atoms with Crippen LogP contribution in [0.1, 0.15) is 32.3 Å². The van der Waals surface area contributed by atoms with Gasteiger partial charge in [0.15, 0.2) is 17.3 Å². The third-order valence-electron chi connectivity index (χ3n) is 3.31. The molecule has 2 aromatic rings. The lowest BCUT2D eigenvalue weighted by atomic mass is 10.0. The molecule has 0 saturated carbocycles. The first-order valence-corrected chi connectivity index (χ1v) is 7.36. The Morgan fingerprint density at radius 3 is 2.86 bits per heavy atom. The molecule has 4 nitrogen and oxygen atoms in total. The summed E-state index contributed by atoms with van der Waals surface area (Å²) in [6.07, 6.45) is 5.89. The molecule has 0 aliphatic heterocycles. The Labute approximate surface area is 124 Å². The highest BCUT2D eigenvalue weighted by Crippen LogP contribution is 2.25. The molecule has 0 spiro atoms. The van der Waals surface area contributed by atoms with Crippen molar-refractivity contribution in [2.75, 3.05) is 0 Å². The number of aromatic nitrogens is 2. The van der Waals surface area contributed by atoms with Gasteiger partial charge in [0, 0.05) is 12.6 Å². The van der Waals surface area contributed by atoms with Crippen LogP contribution in [0.25, 0.3) is 0 Å². The van der Waals surface area contributed by atoms with Gasteiger partial charge in [-0.25, -0.2) is 4.39 Å². The highest BCUT2D eigenvalue weighted by Gasteiger charge is 2.09. The maximum atomic E-state index is 14.1. The van der Waals surface area contributed by atoms with E-state index in [9.17, 15) is 4.39 Å². The van der Waals surface area contributed by atoms with E-state index in [4.69, 9.17) is 10.5 Å². The smallest absolute Gasteiger partial charge is 0.165 e. The molecule has 0 aliphatic rings. The number of benzene rings is 1. The van der Waals surface area contributed by atoms with Gasteiger partial charge in [-0.05, 0) is 37.0 Å². The van der Waals surface area contributed by atoms with Gasteiger partial charge in [-0.3, -0.25) is 4.68 Å². The molecular weight excluding hydrogens is 269 g/mol. The summed E-state index contributed by atoms with van der Waals surface area (Å²) in [5.74, 6) is 0.374. The first-order valence-electron chi connectivity index (χ1n) is 7.36. The summed E-state index contributed by atoms with van der Waals surface area (Å²) in [4.78, 5) is 0. The third kappa shape index (κ3) is 4.29. The van der Waals surface area contributed by atoms with Gasteiger partial charge in [0.25, 0.3) is 0 Å². The Balaban J connectivity index is 2.06. The largest absolute Gasteiger partial charge is 0.451 e. The number of hydrogen-bond acceptors (Lipinski definition) is 3. The average Bonchev–Trinajstić information content (AvgIpc) is 2.89. The molecular formula is C16H22FN3O. The molecule has 0 saturated heterocycles. The zero-order valence-corrected chi connectivity index (χ0v) is 12.6. The Morgan fingerprint density at radius 2 is 2.19 bits per heavy atom. The lowest BCUT2D eigenvalue weighted by molar-refractivity contribution is 0.440. The maximum Gasteiger partial charge on any atom is 0.165 e. The van der Waals surface area contributed by atoms with Crippen LogP contribution in [-0.4, -0.2) is 15.8 Å². The van der Waals surface area contributed by atoms with Crippen molar-refractivity contribution in [3.05, 3.63) is 42.0 Å². The number of ether oxygens (including phenoxy) is 1. The van der Waals surface area contributed by atoms with Crippen LogP contribution < -0.4 is 10.5 Å². The number of nitrogens with zero attached hydrogens (tertiary/aromatic N) is 2. The first kappa shape index (κ1) is 15.5. The molecule has 1 atom stereocenters. The number of nitrogens with two attached hydrogens (primary N) is 1. The normalized spacial score (nSPS) is 12.4. The summed E-state index contributed by atoms with van der Waals surface area (Å²) in [5.41, 5.74) is 6.77. The molecule has 5 heteroatoms. The van der Waals surface area contributed by atoms with Crippen molar-refractivity contribution in [1.82, 2.24) is 9.78 Å². The molecule has 1 aromatic heterocycles. The van der Waals surface area contributed by atoms with Crippen LogP contribution in [0.15, 0.2) is 30.6 Å². The summed E-state index contributed by atoms with van der Waals surface area (Å²) in [6.45, 7) is 4.91. The third-order valence-corrected chi connectivity index (χ3v) is 3.31. The minimum Gasteiger partial charge on any atom is -0.451 e. The monoisotopic (exact) mass is 291 g/mol. The molecule has 0 radical (unpaired) electrons. The van der Waals surface area contributed by atoms with Crippen molar-refractivity contribution in [3.63, 3.8) is 0 Å². The molecule has 1 unspecified atom stereocenters. The topological polar surface area (TPSA) is 53.1 Å². The van der Waals surface area contributed by atoms with E-state index in [1.54, 1.807) is 23.1 Å². The van der Waals surface area contributed by atoms with Gasteiger partial charge < -0.3 is 10.5 Å². The number of aryl methyl sites for hydroxylation is 1. The Kier molecular flexibility index (Phi) is 5.33. The Morgan fingerprint density at radius 1 is 1.38 bits per heavy atom. The second-order valence-electron chi connectivity index (χ2n) is 5.18. The predicted molar refractivity (Wildman–Crippen MR) is 81.0 cm³/mol. The van der Waals surface area contributed by atoms with E-state index in [-0.39, 0.29) is 17.6 Å². The van der Waals surface area contributed by atoms with E-state index in [2.05, 4.69) is 12.0 Å². The lowest BCUT2D eigenvalue weighted by Crippen LogP contribution is -2.21. The Bertz CT molecular complexity index is 583. The number of rotatable bonds is 7. The predicted octanol–water partition coefficient (Wildman–Crippen LogP) is 3.50. The molecule has 1 heterocycles. The fraction of sp³-hybridized carbons (Fsp3) is 0.438. The van der Waals surface area contributed by atoms with Gasteiger partial charge in [0.2, 0.25) is 0 Å². The summed E-state index contributed by atoms with van der Waals surface area (Å²) in [7, 11) is 0. The Hall–Kier alpha value is -1.88. The second kappa shape index (κ2) is 7.22. The van der Waals surface area contributed by atoms with Crippen molar-refractivity contribution in [1.29, 1.82) is 0 Å². The van der Waals surface area contributed by atoms with E-state index in [0.29, 0.717) is 12.2 Å². The van der Waals surface area contributed by atoms with Gasteiger partial charge in [-0.15, -0.1) is 0 Å². The van der Waals surface area contributed by atoms with E-state index >= 15 is 0 Å². The lowest BCUT2D eigenvalue weighted by Gasteiger charge is -2.10. The molecule has 2 N–H and O–H groups in total. The van der Waals surface area contributed by atoms with Crippen molar-refractivity contribution >= 4 is 0 Å². The van der Waals surface area contributed by atoms with E-state index < -0.39 is 0 Å². The summed E-state index contributed by atoms with van der Waals surface area (Å²) >= 11 is 0. The van der Waals surface area contributed by atoms with E-state index in [1.165, 1.54) is 6.07 Å². The number of hydrogen-bond donors (Lipinski definition) is 1. The quantitative estimate of drug-likeness (QED) is 0.849. The molecule has 2 rings (SSSR count). The van der Waals surface area contributed by atoms with E-state index in [1.807, 2.05) is 13.0 Å². The minimum absolute atomic E-state index is 0.0587. The van der Waals surface area contributed by atoms with Crippen LogP contribution in [-0.2, 0) is 13.0 Å². The molecule has 21 heavy (non-hydrogen) atoms. The molecule has 114 valence electrons. The molecule has 1 aromatic carbocycles. The SMILES string of the molecule is CCCn1cc(Oc2ccc(CC(N)CC)cc2F)cn1. The average molecular weight is 291 g/mol. The van der Waals surface area contributed by atoms with Gasteiger partial charge >= 0.3 is 0 Å². The molecule has 0 bridgehead atoms. The fourth-order valence-corrected chi connectivity index (χ4v) is 2.08. The van der Waals surface area contributed by atoms with Gasteiger partial charge in [-0.2, -0.15) is 5.10 Å². The fourth-order valence-electron chi connectivity index (χ4n) is 2.08. The van der Waals surface area contributed by atoms with Gasteiger partial charge in [0.05, 0.1) is 12.4 Å². The van der Waals surface area contributed by atoms with Gasteiger partial charge in [0.1, 0.15) is 0 Å². The summed E-state index contributed by atoms with van der Waals surface area (Å²) in [5, 5.41) is 4.15. The van der Waals surface area contributed by atoms with Crippen LogP contribution in [0.3, 0.4) is 0 Å². The van der Waals surface area contributed by atoms with Crippen molar-refractivity contribution < 1.29 is 9.13 Å². The highest BCUT2D eigenvalue weighted by atomic mass is 19.1. The zero-order valence-electron chi connectivity index (χ0n) is 12.6. The second-order valence-corrected chi connectivity index (χ2v) is 5.18. The maximum absolute atomic E-state index is 14.1. The molecule has 0 aliphatic carbocycles. The van der Waals surface area contributed by atoms with Crippen molar-refractivity contribution in [3.8, 4) is 11.5 Å². The van der Waals surface area contributed by atoms with Crippen LogP contribution in [0, 0.1) is 5.82 Å². The first-order chi connectivity index (χ1) is 10.1. The molecule has 0 amide bonds. The van der Waals surface area contributed by atoms with E-state index in [0.717, 1.165) is 24.9 Å². The van der Waals surface area contributed by atoms with Crippen LogP contribution in [0.5, 0.6) is 11.5 Å². The van der Waals surface area contributed by atoms with Crippen LogP contribution in [0.4, 0.5) is 4.39 Å². The summed E-state index contributed by atoms with van der Waals surface area (Å²) < 4.78 is 21.4. The van der Waals surface area contributed by atoms with Crippen molar-refractivity contribution in [2.24, 2.45) is 5.73 Å². The van der Waals surface area contributed by atoms with Crippen LogP contribution in [0.2, 0.25) is 0 Å². The van der Waals surface area contributed by atoms with Gasteiger partial charge in [-0.1, -0.05) is 19.9 Å². The standard InChI is InChI=1S/C16H22FN3O/c1-3-7-20-11-14(10-19-20)21-16-6-5-12(9-15(16)17)8-13(18)4-2/h5-6,9-11,13H,3-4,7-8,18H2,1-2H3. The number of halogens is 1. The van der Waals surface area contributed by atoms with Crippen molar-refractivity contribution in [2.45, 2.75) is 45.7 Å². The molecule has 0 fully saturated rings. The highest BCUT2D eigenvalue weighted by molar-refractivity contribution is 5.33. The zero-order chi connectivity index (χ0) is 15.2.